The molecule has 1 aromatic rings. The van der Waals surface area contributed by atoms with Gasteiger partial charge in [-0.05, 0) is 5.56 Å². The Hall–Kier alpha value is -2.68. The van der Waals surface area contributed by atoms with Gasteiger partial charge in [0, 0.05) is 11.6 Å². The standard InChI is InChI=1S/C17H15NO7/c19-11-7-17(18(11)24-8-9-4-2-1-3-5-9)15(22)13(21)10-6-12(20)25-14(10)16(17)23/h1-6,13,15,21-23H,7-8H2/t13-,15-,17+/m1/s1. The number of aliphatic hydroxyl groups excluding tert-OH is 3. The lowest BCUT2D eigenvalue weighted by atomic mass is 9.71. The zero-order valence-electron chi connectivity index (χ0n) is 13.0. The van der Waals surface area contributed by atoms with Crippen LogP contribution in [0.4, 0.5) is 0 Å². The minimum atomic E-state index is -1.68. The molecule has 1 spiro atoms. The van der Waals surface area contributed by atoms with Crippen molar-refractivity contribution in [1.29, 1.82) is 0 Å². The maximum atomic E-state index is 12.0. The van der Waals surface area contributed by atoms with Crippen molar-refractivity contribution in [2.75, 3.05) is 0 Å². The van der Waals surface area contributed by atoms with Crippen molar-refractivity contribution in [3.63, 3.8) is 0 Å². The number of fused-ring (bicyclic) bond motifs is 1. The van der Waals surface area contributed by atoms with Gasteiger partial charge in [0.15, 0.2) is 17.1 Å². The van der Waals surface area contributed by atoms with Gasteiger partial charge >= 0.3 is 5.97 Å². The number of carbonyl (C=O) groups excluding carboxylic acids is 2. The summed E-state index contributed by atoms with van der Waals surface area (Å²) in [7, 11) is 0. The van der Waals surface area contributed by atoms with Gasteiger partial charge in [-0.3, -0.25) is 9.63 Å². The van der Waals surface area contributed by atoms with Crippen LogP contribution in [0.2, 0.25) is 0 Å². The van der Waals surface area contributed by atoms with E-state index in [0.29, 0.717) is 0 Å². The van der Waals surface area contributed by atoms with Gasteiger partial charge in [-0.25, -0.2) is 9.86 Å². The van der Waals surface area contributed by atoms with Crippen molar-refractivity contribution in [3.8, 4) is 0 Å². The van der Waals surface area contributed by atoms with Gasteiger partial charge in [0.05, 0.1) is 6.42 Å². The van der Waals surface area contributed by atoms with Crippen LogP contribution in [0.1, 0.15) is 12.0 Å². The van der Waals surface area contributed by atoms with Gasteiger partial charge in [0.1, 0.15) is 18.8 Å². The molecule has 0 unspecified atom stereocenters. The van der Waals surface area contributed by atoms with Crippen molar-refractivity contribution >= 4 is 11.9 Å². The van der Waals surface area contributed by atoms with E-state index in [0.717, 1.165) is 16.7 Å². The number of amides is 1. The molecule has 0 radical (unpaired) electrons. The van der Waals surface area contributed by atoms with Gasteiger partial charge in [-0.2, -0.15) is 0 Å². The molecular formula is C17H15NO7. The normalized spacial score (nSPS) is 31.0. The zero-order chi connectivity index (χ0) is 17.8. The smallest absolute Gasteiger partial charge is 0.336 e. The van der Waals surface area contributed by atoms with Crippen LogP contribution in [0.5, 0.6) is 0 Å². The number of β-lactam (4-membered cyclic amide) rings is 1. The van der Waals surface area contributed by atoms with Crippen LogP contribution >= 0.6 is 0 Å². The first-order valence-corrected chi connectivity index (χ1v) is 7.68. The second-order valence-electron chi connectivity index (χ2n) is 6.14. The second kappa shape index (κ2) is 5.41. The third kappa shape index (κ3) is 2.12. The Morgan fingerprint density at radius 3 is 2.64 bits per heavy atom. The van der Waals surface area contributed by atoms with E-state index < -0.39 is 35.4 Å². The van der Waals surface area contributed by atoms with Gasteiger partial charge in [0.25, 0.3) is 0 Å². The molecule has 1 aromatic carbocycles. The number of ether oxygens (including phenoxy) is 1. The van der Waals surface area contributed by atoms with Crippen molar-refractivity contribution in [2.45, 2.75) is 30.8 Å². The molecule has 1 amide bonds. The Morgan fingerprint density at radius 1 is 1.24 bits per heavy atom. The summed E-state index contributed by atoms with van der Waals surface area (Å²) in [6, 6.07) is 9.03. The molecule has 25 heavy (non-hydrogen) atoms. The Balaban J connectivity index is 1.67. The number of nitrogens with zero attached hydrogens (tertiary/aromatic N) is 1. The van der Waals surface area contributed by atoms with Crippen LogP contribution in [0.3, 0.4) is 0 Å². The molecule has 8 heteroatoms. The fourth-order valence-corrected chi connectivity index (χ4v) is 3.36. The molecule has 2 aliphatic heterocycles. The summed E-state index contributed by atoms with van der Waals surface area (Å²) in [5, 5.41) is 32.2. The van der Waals surface area contributed by atoms with Crippen LogP contribution in [0, 0.1) is 0 Å². The summed E-state index contributed by atoms with van der Waals surface area (Å²) in [6.07, 6.45) is -2.33. The van der Waals surface area contributed by atoms with Crippen LogP contribution in [0.25, 0.3) is 0 Å². The SMILES string of the molecule is O=C1C=C2C(=C(O)[C@]3(CC(=O)N3OCc3ccccc3)[C@H](O)[C@@H]2O)O1. The monoisotopic (exact) mass is 345 g/mol. The lowest BCUT2D eigenvalue weighted by Gasteiger charge is -2.54. The maximum absolute atomic E-state index is 12.0. The van der Waals surface area contributed by atoms with E-state index in [1.165, 1.54) is 0 Å². The molecule has 3 N–H and O–H groups in total. The molecule has 1 saturated heterocycles. The number of esters is 1. The van der Waals surface area contributed by atoms with E-state index in [-0.39, 0.29) is 24.4 Å². The fraction of sp³-hybridized carbons (Fsp3) is 0.294. The average Bonchev–Trinajstić information content (AvgIpc) is 2.99. The molecule has 3 aliphatic rings. The molecule has 1 aliphatic carbocycles. The third-order valence-electron chi connectivity index (χ3n) is 4.68. The molecule has 1 fully saturated rings. The average molecular weight is 345 g/mol. The van der Waals surface area contributed by atoms with E-state index in [2.05, 4.69) is 0 Å². The zero-order valence-corrected chi connectivity index (χ0v) is 13.0. The Kier molecular flexibility index (Phi) is 3.43. The van der Waals surface area contributed by atoms with Gasteiger partial charge in [-0.1, -0.05) is 30.3 Å². The quantitative estimate of drug-likeness (QED) is 0.524. The summed E-state index contributed by atoms with van der Waals surface area (Å²) >= 11 is 0. The third-order valence-corrected chi connectivity index (χ3v) is 4.68. The van der Waals surface area contributed by atoms with Crippen LogP contribution < -0.4 is 0 Å². The Morgan fingerprint density at radius 2 is 1.96 bits per heavy atom. The highest BCUT2D eigenvalue weighted by Gasteiger charge is 2.66. The van der Waals surface area contributed by atoms with E-state index >= 15 is 0 Å². The van der Waals surface area contributed by atoms with Crippen LogP contribution in [-0.2, 0) is 25.8 Å². The van der Waals surface area contributed by atoms with Crippen molar-refractivity contribution in [1.82, 2.24) is 5.06 Å². The molecule has 130 valence electrons. The van der Waals surface area contributed by atoms with E-state index in [4.69, 9.17) is 9.57 Å². The molecule has 3 atom stereocenters. The molecule has 0 saturated carbocycles. The summed E-state index contributed by atoms with van der Waals surface area (Å²) in [5.41, 5.74) is -0.908. The van der Waals surface area contributed by atoms with Crippen molar-refractivity contribution < 1.29 is 34.5 Å². The van der Waals surface area contributed by atoms with Gasteiger partial charge in [0.2, 0.25) is 5.91 Å². The number of rotatable bonds is 3. The van der Waals surface area contributed by atoms with Crippen LogP contribution in [0.15, 0.2) is 53.5 Å². The summed E-state index contributed by atoms with van der Waals surface area (Å²) in [6.45, 7) is 0.0300. The van der Waals surface area contributed by atoms with Crippen molar-refractivity contribution in [2.24, 2.45) is 0 Å². The fourth-order valence-electron chi connectivity index (χ4n) is 3.36. The number of hydrogen-bond donors (Lipinski definition) is 3. The Labute approximate surface area is 142 Å². The van der Waals surface area contributed by atoms with E-state index in [1.54, 1.807) is 24.3 Å². The summed E-state index contributed by atoms with van der Waals surface area (Å²) < 4.78 is 4.91. The molecule has 0 aromatic heterocycles. The first-order chi connectivity index (χ1) is 11.9. The highest BCUT2D eigenvalue weighted by Crippen LogP contribution is 2.49. The minimum Gasteiger partial charge on any atom is -0.506 e. The minimum absolute atomic E-state index is 0.0111. The lowest BCUT2D eigenvalue weighted by Crippen LogP contribution is -2.73. The number of hydrogen-bond acceptors (Lipinski definition) is 7. The Bertz CT molecular complexity index is 816. The van der Waals surface area contributed by atoms with Crippen LogP contribution in [-0.4, -0.2) is 50.0 Å². The lowest BCUT2D eigenvalue weighted by molar-refractivity contribution is -0.285. The second-order valence-corrected chi connectivity index (χ2v) is 6.14. The first-order valence-electron chi connectivity index (χ1n) is 7.68. The molecule has 2 heterocycles. The molecular weight excluding hydrogens is 330 g/mol. The number of aliphatic hydroxyl groups is 3. The molecule has 0 bridgehead atoms. The summed E-state index contributed by atoms with van der Waals surface area (Å²) in [5.74, 6) is -1.97. The largest absolute Gasteiger partial charge is 0.506 e. The van der Waals surface area contributed by atoms with E-state index in [9.17, 15) is 24.9 Å². The highest BCUT2D eigenvalue weighted by atomic mass is 16.7. The first kappa shape index (κ1) is 15.8. The topological polar surface area (TPSA) is 117 Å². The van der Waals surface area contributed by atoms with Gasteiger partial charge < -0.3 is 20.1 Å². The number of benzene rings is 1. The molecule has 4 rings (SSSR count). The maximum Gasteiger partial charge on any atom is 0.336 e. The van der Waals surface area contributed by atoms with E-state index in [1.807, 2.05) is 6.07 Å². The number of hydroxylamine groups is 2. The predicted molar refractivity (Wildman–Crippen MR) is 81.3 cm³/mol. The number of carbonyl (C=O) groups is 2. The highest BCUT2D eigenvalue weighted by molar-refractivity contribution is 5.91. The molecule has 8 nitrogen and oxygen atoms in total. The summed E-state index contributed by atoms with van der Waals surface area (Å²) in [4.78, 5) is 29.0. The van der Waals surface area contributed by atoms with Crippen molar-refractivity contribution in [3.05, 3.63) is 59.1 Å². The van der Waals surface area contributed by atoms with Gasteiger partial charge in [-0.15, -0.1) is 0 Å². The predicted octanol–water partition coefficient (Wildman–Crippen LogP) is 0.0775.